The predicted molar refractivity (Wildman–Crippen MR) is 69.6 cm³/mol. The number of nitrogen functional groups attached to an aromatic ring is 1. The van der Waals surface area contributed by atoms with E-state index in [9.17, 15) is 9.59 Å². The number of nitrogens with zero attached hydrogens (tertiary/aromatic N) is 2. The topological polar surface area (TPSA) is 91.7 Å². The van der Waals surface area contributed by atoms with E-state index in [0.717, 1.165) is 0 Å². The average Bonchev–Trinajstić information content (AvgIpc) is 2.85. The molecule has 7 nitrogen and oxygen atoms in total. The number of anilines is 1. The third-order valence-electron chi connectivity index (χ3n) is 3.12. The number of amides is 2. The summed E-state index contributed by atoms with van der Waals surface area (Å²) >= 11 is 0. The van der Waals surface area contributed by atoms with Gasteiger partial charge in [-0.25, -0.2) is 0 Å². The molecule has 1 saturated heterocycles. The van der Waals surface area contributed by atoms with Gasteiger partial charge in [-0.05, 0) is 6.07 Å². The van der Waals surface area contributed by atoms with Gasteiger partial charge in [0.15, 0.2) is 0 Å². The molecule has 104 valence electrons. The number of aromatic amines is 1. The zero-order valence-electron chi connectivity index (χ0n) is 10.9. The number of aromatic nitrogens is 1. The van der Waals surface area contributed by atoms with Crippen LogP contribution >= 0.6 is 0 Å². The molecular weight excluding hydrogens is 248 g/mol. The van der Waals surface area contributed by atoms with E-state index >= 15 is 0 Å². The highest BCUT2D eigenvalue weighted by Crippen LogP contribution is 2.10. The zero-order chi connectivity index (χ0) is 13.8. The second-order valence-electron chi connectivity index (χ2n) is 4.45. The van der Waals surface area contributed by atoms with Crippen molar-refractivity contribution in [2.24, 2.45) is 0 Å². The summed E-state index contributed by atoms with van der Waals surface area (Å²) in [7, 11) is 1.49. The average molecular weight is 266 g/mol. The molecule has 0 saturated carbocycles. The Morgan fingerprint density at radius 3 is 2.47 bits per heavy atom. The van der Waals surface area contributed by atoms with E-state index in [1.807, 2.05) is 0 Å². The Bertz CT molecular complexity index is 463. The van der Waals surface area contributed by atoms with Gasteiger partial charge in [0.1, 0.15) is 12.3 Å². The normalized spacial score (nSPS) is 15.6. The number of hydrogen-bond donors (Lipinski definition) is 2. The van der Waals surface area contributed by atoms with Gasteiger partial charge in [-0.1, -0.05) is 0 Å². The molecule has 0 radical (unpaired) electrons. The number of methoxy groups -OCH3 is 1. The Morgan fingerprint density at radius 1 is 1.32 bits per heavy atom. The summed E-state index contributed by atoms with van der Waals surface area (Å²) in [6, 6.07) is 1.62. The maximum Gasteiger partial charge on any atom is 0.270 e. The summed E-state index contributed by atoms with van der Waals surface area (Å²) < 4.78 is 4.81. The maximum absolute atomic E-state index is 12.1. The van der Waals surface area contributed by atoms with Crippen LogP contribution in [0.3, 0.4) is 0 Å². The number of carbonyl (C=O) groups is 2. The van der Waals surface area contributed by atoms with E-state index < -0.39 is 0 Å². The lowest BCUT2D eigenvalue weighted by atomic mass is 10.2. The number of nitrogens with two attached hydrogens (primary N) is 1. The maximum atomic E-state index is 12.1. The van der Waals surface area contributed by atoms with E-state index in [2.05, 4.69) is 4.98 Å². The molecule has 0 bridgehead atoms. The molecule has 3 N–H and O–H groups in total. The van der Waals surface area contributed by atoms with Crippen molar-refractivity contribution >= 4 is 17.5 Å². The van der Waals surface area contributed by atoms with E-state index in [0.29, 0.717) is 37.6 Å². The van der Waals surface area contributed by atoms with Crippen molar-refractivity contribution in [3.8, 4) is 0 Å². The molecule has 7 heteroatoms. The number of piperazine rings is 1. The Kier molecular flexibility index (Phi) is 4.06. The van der Waals surface area contributed by atoms with Gasteiger partial charge in [0.05, 0.1) is 0 Å². The van der Waals surface area contributed by atoms with E-state index in [4.69, 9.17) is 10.5 Å². The second-order valence-corrected chi connectivity index (χ2v) is 4.45. The van der Waals surface area contributed by atoms with Crippen molar-refractivity contribution in [2.75, 3.05) is 45.6 Å². The largest absolute Gasteiger partial charge is 0.397 e. The highest BCUT2D eigenvalue weighted by molar-refractivity contribution is 5.93. The number of nitrogens with one attached hydrogen (secondary N) is 1. The molecule has 2 amide bonds. The van der Waals surface area contributed by atoms with Crippen LogP contribution in [0.2, 0.25) is 0 Å². The van der Waals surface area contributed by atoms with Crippen molar-refractivity contribution < 1.29 is 14.3 Å². The summed E-state index contributed by atoms with van der Waals surface area (Å²) in [5.74, 6) is -0.130. The summed E-state index contributed by atoms with van der Waals surface area (Å²) in [4.78, 5) is 30.0. The van der Waals surface area contributed by atoms with Gasteiger partial charge >= 0.3 is 0 Å². The van der Waals surface area contributed by atoms with E-state index in [1.54, 1.807) is 22.1 Å². The molecule has 1 aromatic heterocycles. The third-order valence-corrected chi connectivity index (χ3v) is 3.12. The Labute approximate surface area is 111 Å². The van der Waals surface area contributed by atoms with Crippen LogP contribution in [0, 0.1) is 0 Å². The first-order valence-electron chi connectivity index (χ1n) is 6.11. The summed E-state index contributed by atoms with van der Waals surface area (Å²) in [6.07, 6.45) is 1.59. The SMILES string of the molecule is COCC(=O)N1CCN(C(=O)c2cc(N)c[nH]2)CC1. The standard InChI is InChI=1S/C12H18N4O3/c1-19-8-11(17)15-2-4-16(5-3-15)12(18)10-6-9(13)7-14-10/h6-7,14H,2-5,8,13H2,1H3. The molecule has 2 rings (SSSR count). The second kappa shape index (κ2) is 5.75. The molecule has 0 spiro atoms. The first-order valence-corrected chi connectivity index (χ1v) is 6.11. The van der Waals surface area contributed by atoms with Gasteiger partial charge in [0.25, 0.3) is 5.91 Å². The zero-order valence-corrected chi connectivity index (χ0v) is 10.9. The number of hydrogen-bond acceptors (Lipinski definition) is 4. The van der Waals surface area contributed by atoms with Crippen LogP contribution in [0.25, 0.3) is 0 Å². The van der Waals surface area contributed by atoms with Crippen LogP contribution in [0.4, 0.5) is 5.69 Å². The molecule has 1 fully saturated rings. The Hall–Kier alpha value is -2.02. The smallest absolute Gasteiger partial charge is 0.270 e. The van der Waals surface area contributed by atoms with Gasteiger partial charge in [-0.3, -0.25) is 9.59 Å². The first kappa shape index (κ1) is 13.4. The molecule has 1 aliphatic heterocycles. The molecule has 1 aromatic rings. The van der Waals surface area contributed by atoms with Gasteiger partial charge < -0.3 is 25.3 Å². The minimum Gasteiger partial charge on any atom is -0.397 e. The monoisotopic (exact) mass is 266 g/mol. The van der Waals surface area contributed by atoms with Crippen LogP contribution in [0.15, 0.2) is 12.3 Å². The molecule has 0 aromatic carbocycles. The lowest BCUT2D eigenvalue weighted by Gasteiger charge is -2.34. The number of ether oxygens (including phenoxy) is 1. The fourth-order valence-electron chi connectivity index (χ4n) is 2.08. The molecule has 2 heterocycles. The molecule has 19 heavy (non-hydrogen) atoms. The van der Waals surface area contributed by atoms with Crippen LogP contribution in [0.5, 0.6) is 0 Å². The summed E-state index contributed by atoms with van der Waals surface area (Å²) in [5.41, 5.74) is 6.59. The van der Waals surface area contributed by atoms with Crippen LogP contribution in [-0.4, -0.2) is 66.5 Å². The molecule has 0 unspecified atom stereocenters. The van der Waals surface area contributed by atoms with E-state index in [-0.39, 0.29) is 18.4 Å². The summed E-state index contributed by atoms with van der Waals surface area (Å²) in [5, 5.41) is 0. The van der Waals surface area contributed by atoms with Gasteiger partial charge in [-0.2, -0.15) is 0 Å². The van der Waals surface area contributed by atoms with Crippen molar-refractivity contribution in [3.63, 3.8) is 0 Å². The van der Waals surface area contributed by atoms with Crippen LogP contribution in [0.1, 0.15) is 10.5 Å². The molecular formula is C12H18N4O3. The number of H-pyrrole nitrogens is 1. The Balaban J connectivity index is 1.89. The predicted octanol–water partition coefficient (Wildman–Crippen LogP) is -0.472. The van der Waals surface area contributed by atoms with Crippen LogP contribution in [-0.2, 0) is 9.53 Å². The molecule has 0 atom stereocenters. The fourth-order valence-corrected chi connectivity index (χ4v) is 2.08. The first-order chi connectivity index (χ1) is 9.11. The lowest BCUT2D eigenvalue weighted by Crippen LogP contribution is -2.51. The minimum absolute atomic E-state index is 0.0429. The van der Waals surface area contributed by atoms with Crippen molar-refractivity contribution in [2.45, 2.75) is 0 Å². The highest BCUT2D eigenvalue weighted by atomic mass is 16.5. The summed E-state index contributed by atoms with van der Waals surface area (Å²) in [6.45, 7) is 2.19. The van der Waals surface area contributed by atoms with Crippen LogP contribution < -0.4 is 5.73 Å². The van der Waals surface area contributed by atoms with Crippen molar-refractivity contribution in [1.82, 2.24) is 14.8 Å². The van der Waals surface area contributed by atoms with Crippen molar-refractivity contribution in [3.05, 3.63) is 18.0 Å². The lowest BCUT2D eigenvalue weighted by molar-refractivity contribution is -0.136. The van der Waals surface area contributed by atoms with Gasteiger partial charge in [0, 0.05) is 45.2 Å². The quantitative estimate of drug-likeness (QED) is 0.773. The minimum atomic E-state index is -0.0875. The third kappa shape index (κ3) is 3.05. The highest BCUT2D eigenvalue weighted by Gasteiger charge is 2.25. The Morgan fingerprint density at radius 2 is 1.95 bits per heavy atom. The number of carbonyl (C=O) groups excluding carboxylic acids is 2. The van der Waals surface area contributed by atoms with E-state index in [1.165, 1.54) is 7.11 Å². The van der Waals surface area contributed by atoms with Crippen molar-refractivity contribution in [1.29, 1.82) is 0 Å². The molecule has 1 aliphatic rings. The number of rotatable bonds is 3. The fraction of sp³-hybridized carbons (Fsp3) is 0.500. The van der Waals surface area contributed by atoms with Gasteiger partial charge in [-0.15, -0.1) is 0 Å². The van der Waals surface area contributed by atoms with Gasteiger partial charge in [0.2, 0.25) is 5.91 Å². The molecule has 0 aliphatic carbocycles.